The van der Waals surface area contributed by atoms with Crippen molar-refractivity contribution in [3.63, 3.8) is 0 Å². The molecule has 0 aliphatic carbocycles. The zero-order valence-corrected chi connectivity index (χ0v) is 8.90. The predicted molar refractivity (Wildman–Crippen MR) is 58.7 cm³/mol. The Bertz CT molecular complexity index is 338. The highest BCUT2D eigenvalue weighted by atomic mass is 16.5. The summed E-state index contributed by atoms with van der Waals surface area (Å²) in [6, 6.07) is 7.24. The van der Waals surface area contributed by atoms with Crippen LogP contribution in [0.4, 0.5) is 0 Å². The molecular weight excluding hydrogens is 192 g/mol. The largest absolute Gasteiger partial charge is 0.501 e. The molecule has 0 aliphatic rings. The molecule has 0 spiro atoms. The molecule has 0 radical (unpaired) electrons. The molecule has 0 fully saturated rings. The first kappa shape index (κ1) is 11.3. The van der Waals surface area contributed by atoms with Gasteiger partial charge in [0.1, 0.15) is 5.75 Å². The Labute approximate surface area is 89.3 Å². The van der Waals surface area contributed by atoms with E-state index in [1.807, 2.05) is 19.1 Å². The minimum Gasteiger partial charge on any atom is -0.501 e. The highest BCUT2D eigenvalue weighted by Crippen LogP contribution is 2.17. The average molecular weight is 206 g/mol. The van der Waals surface area contributed by atoms with E-state index < -0.39 is 0 Å². The number of hydrogen-bond donors (Lipinski definition) is 0. The van der Waals surface area contributed by atoms with Crippen LogP contribution in [0.3, 0.4) is 0 Å². The maximum absolute atomic E-state index is 10.8. The predicted octanol–water partition coefficient (Wildman–Crippen LogP) is 2.27. The molecule has 0 atom stereocenters. The molecule has 15 heavy (non-hydrogen) atoms. The highest BCUT2D eigenvalue weighted by Gasteiger charge is 2.00. The van der Waals surface area contributed by atoms with E-state index in [0.29, 0.717) is 12.2 Å². The molecule has 1 rings (SSSR count). The SMILES string of the molecule is CCO/C=C(/C=O)c1ccc(OC)cc1. The maximum atomic E-state index is 10.8. The smallest absolute Gasteiger partial charge is 0.153 e. The van der Waals surface area contributed by atoms with Crippen LogP contribution in [0.2, 0.25) is 0 Å². The summed E-state index contributed by atoms with van der Waals surface area (Å²) < 4.78 is 10.1. The van der Waals surface area contributed by atoms with Gasteiger partial charge in [-0.15, -0.1) is 0 Å². The van der Waals surface area contributed by atoms with Crippen LogP contribution in [0.1, 0.15) is 12.5 Å². The normalized spacial score (nSPS) is 10.9. The first-order chi connectivity index (χ1) is 7.31. The molecule has 0 heterocycles. The van der Waals surface area contributed by atoms with Crippen molar-refractivity contribution in [3.05, 3.63) is 36.1 Å². The molecule has 1 aromatic rings. The lowest BCUT2D eigenvalue weighted by Crippen LogP contribution is -1.89. The Balaban J connectivity index is 2.87. The van der Waals surface area contributed by atoms with E-state index in [1.165, 1.54) is 6.26 Å². The number of methoxy groups -OCH3 is 1. The second-order valence-corrected chi connectivity index (χ2v) is 2.87. The van der Waals surface area contributed by atoms with Gasteiger partial charge in [-0.05, 0) is 24.6 Å². The molecule has 1 aromatic carbocycles. The Hall–Kier alpha value is -1.77. The molecule has 80 valence electrons. The van der Waals surface area contributed by atoms with Gasteiger partial charge in [0, 0.05) is 0 Å². The van der Waals surface area contributed by atoms with Gasteiger partial charge >= 0.3 is 0 Å². The highest BCUT2D eigenvalue weighted by molar-refractivity contribution is 6.06. The van der Waals surface area contributed by atoms with Crippen molar-refractivity contribution in [2.45, 2.75) is 6.92 Å². The lowest BCUT2D eigenvalue weighted by atomic mass is 10.1. The number of benzene rings is 1. The number of carbonyl (C=O) groups excluding carboxylic acids is 1. The quantitative estimate of drug-likeness (QED) is 0.421. The van der Waals surface area contributed by atoms with E-state index >= 15 is 0 Å². The van der Waals surface area contributed by atoms with E-state index in [4.69, 9.17) is 9.47 Å². The second-order valence-electron chi connectivity index (χ2n) is 2.87. The van der Waals surface area contributed by atoms with Crippen molar-refractivity contribution in [2.75, 3.05) is 13.7 Å². The third kappa shape index (κ3) is 3.13. The van der Waals surface area contributed by atoms with Crippen molar-refractivity contribution in [1.82, 2.24) is 0 Å². The molecule has 0 bridgehead atoms. The Morgan fingerprint density at radius 3 is 2.47 bits per heavy atom. The van der Waals surface area contributed by atoms with Crippen molar-refractivity contribution >= 4 is 11.9 Å². The summed E-state index contributed by atoms with van der Waals surface area (Å²) in [7, 11) is 1.60. The zero-order chi connectivity index (χ0) is 11.1. The van der Waals surface area contributed by atoms with E-state index in [-0.39, 0.29) is 0 Å². The molecule has 0 aromatic heterocycles. The van der Waals surface area contributed by atoms with Crippen LogP contribution in [-0.2, 0) is 9.53 Å². The van der Waals surface area contributed by atoms with Crippen molar-refractivity contribution in [2.24, 2.45) is 0 Å². The summed E-state index contributed by atoms with van der Waals surface area (Å²) in [5.41, 5.74) is 1.35. The van der Waals surface area contributed by atoms with E-state index in [0.717, 1.165) is 17.6 Å². The van der Waals surface area contributed by atoms with Crippen LogP contribution in [0, 0.1) is 0 Å². The minimum absolute atomic E-state index is 0.527. The number of ether oxygens (including phenoxy) is 2. The fraction of sp³-hybridized carbons (Fsp3) is 0.250. The molecule has 0 N–H and O–H groups in total. The van der Waals surface area contributed by atoms with Crippen LogP contribution in [0.15, 0.2) is 30.5 Å². The number of hydrogen-bond acceptors (Lipinski definition) is 3. The van der Waals surface area contributed by atoms with Crippen LogP contribution >= 0.6 is 0 Å². The molecule has 3 nitrogen and oxygen atoms in total. The van der Waals surface area contributed by atoms with Crippen molar-refractivity contribution in [3.8, 4) is 5.75 Å². The van der Waals surface area contributed by atoms with E-state index in [1.54, 1.807) is 19.2 Å². The van der Waals surface area contributed by atoms with Gasteiger partial charge < -0.3 is 9.47 Å². The lowest BCUT2D eigenvalue weighted by Gasteiger charge is -2.03. The fourth-order valence-corrected chi connectivity index (χ4v) is 1.12. The Morgan fingerprint density at radius 2 is 2.00 bits per heavy atom. The average Bonchev–Trinajstić information content (AvgIpc) is 2.31. The monoisotopic (exact) mass is 206 g/mol. The lowest BCUT2D eigenvalue weighted by molar-refractivity contribution is -0.103. The number of carbonyl (C=O) groups is 1. The van der Waals surface area contributed by atoms with Crippen LogP contribution in [-0.4, -0.2) is 20.0 Å². The van der Waals surface area contributed by atoms with Gasteiger partial charge in [0.25, 0.3) is 0 Å². The summed E-state index contributed by atoms with van der Waals surface area (Å²) in [6.45, 7) is 2.42. The first-order valence-corrected chi connectivity index (χ1v) is 4.73. The molecular formula is C12H14O3. The number of aldehydes is 1. The van der Waals surface area contributed by atoms with Gasteiger partial charge in [-0.2, -0.15) is 0 Å². The second kappa shape index (κ2) is 5.86. The number of rotatable bonds is 5. The fourth-order valence-electron chi connectivity index (χ4n) is 1.12. The molecule has 0 saturated carbocycles. The molecule has 0 unspecified atom stereocenters. The summed E-state index contributed by atoms with van der Waals surface area (Å²) in [6.07, 6.45) is 2.24. The first-order valence-electron chi connectivity index (χ1n) is 4.73. The minimum atomic E-state index is 0.527. The molecule has 0 amide bonds. The third-order valence-corrected chi connectivity index (χ3v) is 1.93. The van der Waals surface area contributed by atoms with Crippen molar-refractivity contribution in [1.29, 1.82) is 0 Å². The van der Waals surface area contributed by atoms with Crippen LogP contribution in [0.25, 0.3) is 5.57 Å². The summed E-state index contributed by atoms with van der Waals surface area (Å²) in [5, 5.41) is 0. The van der Waals surface area contributed by atoms with Gasteiger partial charge in [-0.3, -0.25) is 4.79 Å². The van der Waals surface area contributed by atoms with E-state index in [9.17, 15) is 4.79 Å². The zero-order valence-electron chi connectivity index (χ0n) is 8.90. The van der Waals surface area contributed by atoms with Gasteiger partial charge in [0.2, 0.25) is 0 Å². The van der Waals surface area contributed by atoms with Crippen molar-refractivity contribution < 1.29 is 14.3 Å². The topological polar surface area (TPSA) is 35.5 Å². The van der Waals surface area contributed by atoms with Crippen LogP contribution < -0.4 is 4.74 Å². The summed E-state index contributed by atoms with van der Waals surface area (Å²) in [4.78, 5) is 10.8. The Morgan fingerprint density at radius 1 is 1.33 bits per heavy atom. The van der Waals surface area contributed by atoms with E-state index in [2.05, 4.69) is 0 Å². The van der Waals surface area contributed by atoms with Gasteiger partial charge in [-0.1, -0.05) is 12.1 Å². The summed E-state index contributed by atoms with van der Waals surface area (Å²) in [5.74, 6) is 0.764. The maximum Gasteiger partial charge on any atom is 0.153 e. The Kier molecular flexibility index (Phi) is 4.41. The standard InChI is InChI=1S/C12H14O3/c1-3-15-9-11(8-13)10-4-6-12(14-2)7-5-10/h4-9H,3H2,1-2H3/b11-9-. The van der Waals surface area contributed by atoms with Gasteiger partial charge in [0.15, 0.2) is 6.29 Å². The molecule has 0 saturated heterocycles. The van der Waals surface area contributed by atoms with Gasteiger partial charge in [-0.25, -0.2) is 0 Å². The molecule has 3 heteroatoms. The third-order valence-electron chi connectivity index (χ3n) is 1.93. The summed E-state index contributed by atoms with van der Waals surface area (Å²) >= 11 is 0. The van der Waals surface area contributed by atoms with Gasteiger partial charge in [0.05, 0.1) is 25.6 Å². The number of allylic oxidation sites excluding steroid dienone is 1. The van der Waals surface area contributed by atoms with Crippen LogP contribution in [0.5, 0.6) is 5.75 Å². The molecule has 0 aliphatic heterocycles.